The molecule has 1 aromatic carbocycles. The van der Waals surface area contributed by atoms with E-state index in [1.54, 1.807) is 5.01 Å². The molecule has 0 spiro atoms. The van der Waals surface area contributed by atoms with E-state index in [9.17, 15) is 8.42 Å². The molecule has 3 N–H and O–H groups in total. The van der Waals surface area contributed by atoms with Crippen LogP contribution in [0.15, 0.2) is 21.5 Å². The highest BCUT2D eigenvalue weighted by atomic mass is 79.9. The first-order valence-corrected chi connectivity index (χ1v) is 8.20. The van der Waals surface area contributed by atoms with Crippen molar-refractivity contribution < 1.29 is 17.9 Å². The Kier molecular flexibility index (Phi) is 4.86. The predicted octanol–water partition coefficient (Wildman–Crippen LogP) is 0.565. The molecule has 0 amide bonds. The van der Waals surface area contributed by atoms with Crippen LogP contribution in [0.2, 0.25) is 0 Å². The number of nitrogens with two attached hydrogens (primary N) is 1. The molecule has 20 heavy (non-hydrogen) atoms. The first kappa shape index (κ1) is 15.5. The maximum Gasteiger partial charge on any atom is 0.257 e. The second-order valence-electron chi connectivity index (χ2n) is 4.22. The minimum atomic E-state index is -3.75. The standard InChI is InChI=1S/C11H16BrN3O4S/c1-18-10-6-8(12)9(13)7-11(10)20(16,17)14-15-2-4-19-5-3-15/h6-7,14H,2-5,13H2,1H3. The van der Waals surface area contributed by atoms with Crippen molar-refractivity contribution in [3.05, 3.63) is 16.6 Å². The number of benzene rings is 1. The number of nitrogens with zero attached hydrogens (tertiary/aromatic N) is 1. The molecule has 1 heterocycles. The van der Waals surface area contributed by atoms with E-state index in [1.165, 1.54) is 19.2 Å². The molecule has 1 saturated heterocycles. The molecule has 2 rings (SSSR count). The second-order valence-corrected chi connectivity index (χ2v) is 6.70. The van der Waals surface area contributed by atoms with Crippen LogP contribution in [0.4, 0.5) is 5.69 Å². The van der Waals surface area contributed by atoms with Crippen LogP contribution in [0.5, 0.6) is 5.75 Å². The van der Waals surface area contributed by atoms with Crippen molar-refractivity contribution in [2.45, 2.75) is 4.90 Å². The smallest absolute Gasteiger partial charge is 0.257 e. The number of rotatable bonds is 4. The largest absolute Gasteiger partial charge is 0.495 e. The highest BCUT2D eigenvalue weighted by Gasteiger charge is 2.24. The zero-order valence-corrected chi connectivity index (χ0v) is 13.3. The quantitative estimate of drug-likeness (QED) is 0.757. The van der Waals surface area contributed by atoms with Gasteiger partial charge in [-0.1, -0.05) is 0 Å². The van der Waals surface area contributed by atoms with E-state index in [-0.39, 0.29) is 10.6 Å². The molecule has 0 aromatic heterocycles. The van der Waals surface area contributed by atoms with Crippen LogP contribution < -0.4 is 15.3 Å². The summed E-state index contributed by atoms with van der Waals surface area (Å²) in [5, 5.41) is 1.59. The Labute approximate surface area is 126 Å². The van der Waals surface area contributed by atoms with Crippen molar-refractivity contribution in [2.24, 2.45) is 0 Å². The zero-order valence-electron chi connectivity index (χ0n) is 10.9. The van der Waals surface area contributed by atoms with Crippen molar-refractivity contribution in [3.8, 4) is 5.75 Å². The SMILES string of the molecule is COc1cc(Br)c(N)cc1S(=O)(=O)NN1CCOCC1. The highest BCUT2D eigenvalue weighted by Crippen LogP contribution is 2.32. The number of sulfonamides is 1. The van der Waals surface area contributed by atoms with Crippen LogP contribution in [0, 0.1) is 0 Å². The minimum absolute atomic E-state index is 0.00666. The summed E-state index contributed by atoms with van der Waals surface area (Å²) in [6.45, 7) is 1.96. The van der Waals surface area contributed by atoms with Crippen molar-refractivity contribution in [1.29, 1.82) is 0 Å². The third-order valence-corrected chi connectivity index (χ3v) is 4.92. The lowest BCUT2D eigenvalue weighted by Crippen LogP contribution is -2.48. The van der Waals surface area contributed by atoms with E-state index in [4.69, 9.17) is 15.2 Å². The Morgan fingerprint density at radius 2 is 2.05 bits per heavy atom. The van der Waals surface area contributed by atoms with Gasteiger partial charge in [-0.2, -0.15) is 0 Å². The van der Waals surface area contributed by atoms with Crippen molar-refractivity contribution in [2.75, 3.05) is 39.1 Å². The fraction of sp³-hybridized carbons (Fsp3) is 0.455. The third-order valence-electron chi connectivity index (χ3n) is 2.83. The van der Waals surface area contributed by atoms with Crippen LogP contribution in [0.3, 0.4) is 0 Å². The van der Waals surface area contributed by atoms with Crippen molar-refractivity contribution in [3.63, 3.8) is 0 Å². The number of morpholine rings is 1. The lowest BCUT2D eigenvalue weighted by Gasteiger charge is -2.27. The van der Waals surface area contributed by atoms with Gasteiger partial charge in [-0.15, -0.1) is 4.83 Å². The van der Waals surface area contributed by atoms with Gasteiger partial charge in [-0.05, 0) is 28.1 Å². The molecule has 1 fully saturated rings. The summed E-state index contributed by atoms with van der Waals surface area (Å²) in [4.78, 5) is 2.51. The molecule has 0 unspecified atom stereocenters. The molecule has 0 aliphatic carbocycles. The van der Waals surface area contributed by atoms with E-state index in [0.717, 1.165) is 0 Å². The number of ether oxygens (including phenoxy) is 2. The summed E-state index contributed by atoms with van der Waals surface area (Å²) in [6.07, 6.45) is 0. The molecular formula is C11H16BrN3O4S. The summed E-state index contributed by atoms with van der Waals surface area (Å²) in [6, 6.07) is 2.90. The van der Waals surface area contributed by atoms with Gasteiger partial charge in [0.2, 0.25) is 0 Å². The topological polar surface area (TPSA) is 93.9 Å². The Bertz CT molecular complexity index is 588. The van der Waals surface area contributed by atoms with Crippen LogP contribution in [-0.4, -0.2) is 46.8 Å². The molecular weight excluding hydrogens is 350 g/mol. The molecule has 1 aliphatic heterocycles. The predicted molar refractivity (Wildman–Crippen MR) is 77.8 cm³/mol. The number of halogens is 1. The lowest BCUT2D eigenvalue weighted by atomic mass is 10.3. The first-order valence-electron chi connectivity index (χ1n) is 5.92. The van der Waals surface area contributed by atoms with Crippen molar-refractivity contribution in [1.82, 2.24) is 9.84 Å². The molecule has 1 aliphatic rings. The normalized spacial score (nSPS) is 17.1. The first-order chi connectivity index (χ1) is 9.44. The number of hydrogen-bond acceptors (Lipinski definition) is 6. The Morgan fingerprint density at radius 3 is 2.65 bits per heavy atom. The molecule has 0 atom stereocenters. The molecule has 0 radical (unpaired) electrons. The van der Waals surface area contributed by atoms with Crippen LogP contribution in [0.1, 0.15) is 0 Å². The van der Waals surface area contributed by atoms with Crippen LogP contribution >= 0.6 is 15.9 Å². The Hall–Kier alpha value is -0.870. The maximum atomic E-state index is 12.4. The van der Waals surface area contributed by atoms with Gasteiger partial charge in [-0.3, -0.25) is 0 Å². The van der Waals surface area contributed by atoms with Gasteiger partial charge in [0.1, 0.15) is 10.6 Å². The maximum absolute atomic E-state index is 12.4. The molecule has 1 aromatic rings. The van der Waals surface area contributed by atoms with E-state index in [0.29, 0.717) is 36.5 Å². The second kappa shape index (κ2) is 6.27. The minimum Gasteiger partial charge on any atom is -0.495 e. The summed E-state index contributed by atoms with van der Waals surface area (Å²) in [7, 11) is -2.34. The molecule has 7 nitrogen and oxygen atoms in total. The third kappa shape index (κ3) is 3.41. The number of anilines is 1. The van der Waals surface area contributed by atoms with Gasteiger partial charge in [-0.25, -0.2) is 13.4 Å². The number of hydrazine groups is 1. The summed E-state index contributed by atoms with van der Waals surface area (Å²) < 4.78 is 35.7. The van der Waals surface area contributed by atoms with E-state index in [1.807, 2.05) is 0 Å². The van der Waals surface area contributed by atoms with Gasteiger partial charge in [0, 0.05) is 23.2 Å². The van der Waals surface area contributed by atoms with Gasteiger partial charge >= 0.3 is 0 Å². The van der Waals surface area contributed by atoms with Crippen LogP contribution in [-0.2, 0) is 14.8 Å². The lowest BCUT2D eigenvalue weighted by molar-refractivity contribution is 0.0272. The highest BCUT2D eigenvalue weighted by molar-refractivity contribution is 9.10. The monoisotopic (exact) mass is 365 g/mol. The van der Waals surface area contributed by atoms with Gasteiger partial charge in [0.25, 0.3) is 10.0 Å². The Balaban J connectivity index is 2.30. The van der Waals surface area contributed by atoms with E-state index in [2.05, 4.69) is 20.8 Å². The number of methoxy groups -OCH3 is 1. The van der Waals surface area contributed by atoms with E-state index >= 15 is 0 Å². The molecule has 112 valence electrons. The van der Waals surface area contributed by atoms with Crippen LogP contribution in [0.25, 0.3) is 0 Å². The fourth-order valence-electron chi connectivity index (χ4n) is 1.79. The molecule has 0 saturated carbocycles. The molecule has 0 bridgehead atoms. The van der Waals surface area contributed by atoms with Gasteiger partial charge < -0.3 is 15.2 Å². The fourth-order valence-corrected chi connectivity index (χ4v) is 3.43. The number of hydrogen-bond donors (Lipinski definition) is 2. The average Bonchev–Trinajstić information content (AvgIpc) is 2.42. The average molecular weight is 366 g/mol. The summed E-state index contributed by atoms with van der Waals surface area (Å²) in [5.74, 6) is 0.229. The number of nitrogens with one attached hydrogen (secondary N) is 1. The van der Waals surface area contributed by atoms with Crippen molar-refractivity contribution >= 4 is 31.6 Å². The van der Waals surface area contributed by atoms with Gasteiger partial charge in [0.15, 0.2) is 0 Å². The number of nitrogen functional groups attached to an aromatic ring is 1. The van der Waals surface area contributed by atoms with E-state index < -0.39 is 10.0 Å². The van der Waals surface area contributed by atoms with Gasteiger partial charge in [0.05, 0.1) is 20.3 Å². The summed E-state index contributed by atoms with van der Waals surface area (Å²) >= 11 is 3.24. The molecule has 9 heteroatoms. The Morgan fingerprint density at radius 1 is 1.40 bits per heavy atom. The zero-order chi connectivity index (χ0) is 14.8. The summed E-state index contributed by atoms with van der Waals surface area (Å²) in [5.41, 5.74) is 6.07.